The van der Waals surface area contributed by atoms with E-state index in [1.165, 1.54) is 225 Å². The Morgan fingerprint density at radius 3 is 0.537 bits per heavy atom. The van der Waals surface area contributed by atoms with E-state index in [1.54, 1.807) is 0 Å². The van der Waals surface area contributed by atoms with Crippen LogP contribution in [0.15, 0.2) is 0 Å². The van der Waals surface area contributed by atoms with Gasteiger partial charge in [-0.25, -0.2) is 0 Å². The lowest BCUT2D eigenvalue weighted by Crippen LogP contribution is -1.95. The lowest BCUT2D eigenvalue weighted by Gasteiger charge is -2.11. The van der Waals surface area contributed by atoms with Gasteiger partial charge in [0.2, 0.25) is 0 Å². The van der Waals surface area contributed by atoms with E-state index in [0.717, 1.165) is 11.8 Å². The van der Waals surface area contributed by atoms with Crippen molar-refractivity contribution >= 4 is 0 Å². The van der Waals surface area contributed by atoms with Crippen LogP contribution in [0, 0.1) is 11.8 Å². The van der Waals surface area contributed by atoms with Gasteiger partial charge in [-0.15, -0.1) is 0 Å². The molecule has 0 radical (unpaired) electrons. The van der Waals surface area contributed by atoms with Crippen LogP contribution in [0.5, 0.6) is 0 Å². The molecule has 0 aromatic heterocycles. The summed E-state index contributed by atoms with van der Waals surface area (Å²) < 4.78 is 0. The molecule has 2 unspecified atom stereocenters. The maximum Gasteiger partial charge on any atom is -0.0443 e. The van der Waals surface area contributed by atoms with E-state index in [0.29, 0.717) is 0 Å². The Labute approximate surface area is 263 Å². The summed E-state index contributed by atoms with van der Waals surface area (Å²) in [7, 11) is 0. The third-order valence-electron chi connectivity index (χ3n) is 9.99. The zero-order valence-corrected chi connectivity index (χ0v) is 29.9. The van der Waals surface area contributed by atoms with Crippen LogP contribution >= 0.6 is 0 Å². The number of unbranched alkanes of at least 4 members (excludes halogenated alkanes) is 28. The van der Waals surface area contributed by atoms with Crippen LogP contribution in [0.1, 0.15) is 252 Å². The van der Waals surface area contributed by atoms with Crippen molar-refractivity contribution in [2.75, 3.05) is 0 Å². The minimum Gasteiger partial charge on any atom is -0.0654 e. The quantitative estimate of drug-likeness (QED) is 0.0651. The van der Waals surface area contributed by atoms with Crippen LogP contribution in [-0.2, 0) is 0 Å². The molecule has 0 amide bonds. The van der Waals surface area contributed by atoms with E-state index in [4.69, 9.17) is 0 Å². The largest absolute Gasteiger partial charge is 0.0654 e. The average molecular weight is 577 g/mol. The van der Waals surface area contributed by atoms with Gasteiger partial charge in [-0.3, -0.25) is 0 Å². The van der Waals surface area contributed by atoms with Gasteiger partial charge in [0, 0.05) is 0 Å². The molecule has 248 valence electrons. The van der Waals surface area contributed by atoms with Gasteiger partial charge in [0.25, 0.3) is 0 Å². The Morgan fingerprint density at radius 1 is 0.220 bits per heavy atom. The van der Waals surface area contributed by atoms with E-state index >= 15 is 0 Å². The molecular formula is C41H84. The van der Waals surface area contributed by atoms with Gasteiger partial charge in [0.15, 0.2) is 0 Å². The summed E-state index contributed by atoms with van der Waals surface area (Å²) in [5, 5.41) is 0. The molecule has 0 N–H and O–H groups in total. The van der Waals surface area contributed by atoms with Gasteiger partial charge < -0.3 is 0 Å². The predicted molar refractivity (Wildman–Crippen MR) is 191 cm³/mol. The van der Waals surface area contributed by atoms with Crippen LogP contribution in [0.2, 0.25) is 0 Å². The summed E-state index contributed by atoms with van der Waals surface area (Å²) in [6, 6.07) is 0. The molecule has 0 heterocycles. The van der Waals surface area contributed by atoms with Crippen LogP contribution in [0.4, 0.5) is 0 Å². The van der Waals surface area contributed by atoms with Gasteiger partial charge >= 0.3 is 0 Å². The molecule has 0 saturated carbocycles. The second-order valence-corrected chi connectivity index (χ2v) is 14.6. The van der Waals surface area contributed by atoms with Crippen molar-refractivity contribution in [2.24, 2.45) is 11.8 Å². The van der Waals surface area contributed by atoms with Crippen LogP contribution < -0.4 is 0 Å². The highest BCUT2D eigenvalue weighted by atomic mass is 14.1. The number of hydrogen-bond acceptors (Lipinski definition) is 0. The molecule has 0 saturated heterocycles. The Balaban J connectivity index is 3.19. The van der Waals surface area contributed by atoms with E-state index in [1.807, 2.05) is 0 Å². The maximum absolute atomic E-state index is 2.51. The van der Waals surface area contributed by atoms with Gasteiger partial charge in [0.05, 0.1) is 0 Å². The predicted octanol–water partition coefficient (Wildman–Crippen LogP) is 16.0. The fraction of sp³-hybridized carbons (Fsp3) is 1.00. The van der Waals surface area contributed by atoms with Gasteiger partial charge in [0.1, 0.15) is 0 Å². The van der Waals surface area contributed by atoms with Crippen molar-refractivity contribution in [1.82, 2.24) is 0 Å². The summed E-state index contributed by atoms with van der Waals surface area (Å²) in [5.41, 5.74) is 0. The summed E-state index contributed by atoms with van der Waals surface area (Å²) in [6.45, 7) is 9.63. The summed E-state index contributed by atoms with van der Waals surface area (Å²) in [4.78, 5) is 0. The van der Waals surface area contributed by atoms with E-state index in [9.17, 15) is 0 Å². The molecule has 0 heteroatoms. The Bertz CT molecular complexity index is 439. The molecule has 0 nitrogen and oxygen atoms in total. The van der Waals surface area contributed by atoms with Crippen molar-refractivity contribution < 1.29 is 0 Å². The molecule has 2 atom stereocenters. The topological polar surface area (TPSA) is 0 Å². The van der Waals surface area contributed by atoms with Crippen LogP contribution in [0.3, 0.4) is 0 Å². The smallest absolute Gasteiger partial charge is 0.0443 e. The fourth-order valence-corrected chi connectivity index (χ4v) is 6.83. The first-order chi connectivity index (χ1) is 20.2. The first-order valence-electron chi connectivity index (χ1n) is 20.2. The minimum atomic E-state index is 0.965. The average Bonchev–Trinajstić information content (AvgIpc) is 2.97. The van der Waals surface area contributed by atoms with Crippen LogP contribution in [-0.4, -0.2) is 0 Å². The van der Waals surface area contributed by atoms with Gasteiger partial charge in [-0.1, -0.05) is 252 Å². The molecule has 0 bridgehead atoms. The monoisotopic (exact) mass is 577 g/mol. The first kappa shape index (κ1) is 41.0. The molecule has 0 fully saturated rings. The lowest BCUT2D eigenvalue weighted by molar-refractivity contribution is 0.428. The minimum absolute atomic E-state index is 0.965. The first-order valence-corrected chi connectivity index (χ1v) is 20.2. The molecule has 0 spiro atoms. The fourth-order valence-electron chi connectivity index (χ4n) is 6.83. The van der Waals surface area contributed by atoms with Gasteiger partial charge in [-0.2, -0.15) is 0 Å². The van der Waals surface area contributed by atoms with E-state index < -0.39 is 0 Å². The molecule has 0 aliphatic carbocycles. The summed E-state index contributed by atoms with van der Waals surface area (Å²) in [6.07, 6.45) is 51.6. The second-order valence-electron chi connectivity index (χ2n) is 14.6. The molecule has 41 heavy (non-hydrogen) atoms. The highest BCUT2D eigenvalue weighted by Gasteiger charge is 2.04. The normalized spacial score (nSPS) is 13.2. The van der Waals surface area contributed by atoms with Gasteiger partial charge in [-0.05, 0) is 11.8 Å². The number of hydrogen-bond donors (Lipinski definition) is 0. The second kappa shape index (κ2) is 36.2. The molecule has 0 aliphatic heterocycles. The standard InChI is InChI=1S/C41H84/c1-5-7-9-11-13-15-21-25-29-33-37-41(4)39-35-31-27-23-20-18-16-17-19-22-26-30-34-38-40(3)36-32-28-24-14-12-10-8-6-2/h40-41H,5-39H2,1-4H3. The summed E-state index contributed by atoms with van der Waals surface area (Å²) >= 11 is 0. The molecule has 0 aromatic rings. The molecule has 0 aromatic carbocycles. The zero-order chi connectivity index (χ0) is 29.9. The molecule has 0 aliphatic rings. The molecular weight excluding hydrogens is 492 g/mol. The third-order valence-corrected chi connectivity index (χ3v) is 9.99. The SMILES string of the molecule is CCCCCCCCCCCCC(C)CCCCCCCCCCCCCCCC(C)CCCCCCCCCC. The van der Waals surface area contributed by atoms with Crippen molar-refractivity contribution in [3.8, 4) is 0 Å². The van der Waals surface area contributed by atoms with Crippen molar-refractivity contribution in [2.45, 2.75) is 252 Å². The van der Waals surface area contributed by atoms with E-state index in [-0.39, 0.29) is 0 Å². The summed E-state index contributed by atoms with van der Waals surface area (Å²) in [5.74, 6) is 1.93. The Kier molecular flexibility index (Phi) is 36.2. The Morgan fingerprint density at radius 2 is 0.366 bits per heavy atom. The lowest BCUT2D eigenvalue weighted by atomic mass is 9.95. The van der Waals surface area contributed by atoms with Crippen LogP contribution in [0.25, 0.3) is 0 Å². The molecule has 0 rings (SSSR count). The van der Waals surface area contributed by atoms with Crippen molar-refractivity contribution in [3.05, 3.63) is 0 Å². The third kappa shape index (κ3) is 36.1. The maximum atomic E-state index is 2.51. The highest BCUT2D eigenvalue weighted by Crippen LogP contribution is 2.21. The van der Waals surface area contributed by atoms with Crippen molar-refractivity contribution in [3.63, 3.8) is 0 Å². The zero-order valence-electron chi connectivity index (χ0n) is 29.9. The van der Waals surface area contributed by atoms with Crippen molar-refractivity contribution in [1.29, 1.82) is 0 Å². The highest BCUT2D eigenvalue weighted by molar-refractivity contribution is 4.58. The Hall–Kier alpha value is 0. The number of rotatable bonds is 36. The van der Waals surface area contributed by atoms with E-state index in [2.05, 4.69) is 27.7 Å².